The average molecular weight is 273 g/mol. The first-order valence-corrected chi connectivity index (χ1v) is 9.22. The van der Waals surface area contributed by atoms with Crippen molar-refractivity contribution in [1.29, 1.82) is 0 Å². The van der Waals surface area contributed by atoms with E-state index in [1.807, 2.05) is 13.8 Å². The van der Waals surface area contributed by atoms with Crippen LogP contribution in [0.5, 0.6) is 0 Å². The molecule has 0 amide bonds. The highest BCUT2D eigenvalue weighted by atomic mass is 14.0. The zero-order chi connectivity index (χ0) is 15.4. The van der Waals surface area contributed by atoms with Crippen molar-refractivity contribution in [2.24, 2.45) is 5.92 Å². The smallest absolute Gasteiger partial charge is 0.0445 e. The minimum absolute atomic E-state index is 0.954. The minimum atomic E-state index is 0.954. The van der Waals surface area contributed by atoms with Crippen LogP contribution in [0.3, 0.4) is 0 Å². The summed E-state index contributed by atoms with van der Waals surface area (Å²) >= 11 is 0. The molecule has 0 aliphatic heterocycles. The second-order valence-electron chi connectivity index (χ2n) is 5.48. The van der Waals surface area contributed by atoms with E-state index < -0.39 is 0 Å². The summed E-state index contributed by atoms with van der Waals surface area (Å²) < 4.78 is 0. The van der Waals surface area contributed by atoms with Crippen molar-refractivity contribution < 1.29 is 0 Å². The highest BCUT2D eigenvalue weighted by Gasteiger charge is 1.95. The first kappa shape index (κ1) is 24.0. The molecule has 0 aromatic carbocycles. The monoisotopic (exact) mass is 272 g/mol. The molecular formula is C19H44. The van der Waals surface area contributed by atoms with Crippen LogP contribution in [0.15, 0.2) is 0 Å². The van der Waals surface area contributed by atoms with Crippen molar-refractivity contribution in [2.75, 3.05) is 0 Å². The minimum Gasteiger partial charge on any atom is -0.0683 e. The lowest BCUT2D eigenvalue weighted by atomic mass is 10.0. The van der Waals surface area contributed by atoms with E-state index in [1.54, 1.807) is 0 Å². The van der Waals surface area contributed by atoms with Gasteiger partial charge in [-0.1, -0.05) is 119 Å². The van der Waals surface area contributed by atoms with Crippen LogP contribution >= 0.6 is 0 Å². The van der Waals surface area contributed by atoms with Crippen LogP contribution < -0.4 is 0 Å². The van der Waals surface area contributed by atoms with E-state index >= 15 is 0 Å². The van der Waals surface area contributed by atoms with E-state index in [0.717, 1.165) is 5.92 Å². The van der Waals surface area contributed by atoms with Crippen molar-refractivity contribution >= 4 is 0 Å². The quantitative estimate of drug-likeness (QED) is 0.486. The molecule has 0 saturated heterocycles. The van der Waals surface area contributed by atoms with Crippen molar-refractivity contribution in [1.82, 2.24) is 0 Å². The van der Waals surface area contributed by atoms with Gasteiger partial charge in [-0.15, -0.1) is 0 Å². The largest absolute Gasteiger partial charge is 0.0683 e. The summed E-state index contributed by atoms with van der Waals surface area (Å²) in [5, 5.41) is 0. The maximum Gasteiger partial charge on any atom is -0.0445 e. The molecule has 0 heterocycles. The predicted octanol–water partition coefficient (Wildman–Crippen LogP) is 8.01. The average Bonchev–Trinajstić information content (AvgIpc) is 2.50. The Kier molecular flexibility index (Phi) is 33.6. The highest BCUT2D eigenvalue weighted by Crippen LogP contribution is 2.15. The summed E-state index contributed by atoms with van der Waals surface area (Å²) in [6.07, 6.45) is 15.8. The van der Waals surface area contributed by atoms with Crippen LogP contribution in [0, 0.1) is 5.92 Å². The third kappa shape index (κ3) is 32.0. The molecule has 1 fully saturated rings. The summed E-state index contributed by atoms with van der Waals surface area (Å²) in [7, 11) is 0. The molecule has 0 radical (unpaired) electrons. The molecule has 1 unspecified atom stereocenters. The zero-order valence-corrected chi connectivity index (χ0v) is 15.4. The number of rotatable bonds is 4. The van der Waals surface area contributed by atoms with E-state index in [-0.39, 0.29) is 0 Å². The maximum absolute atomic E-state index is 2.33. The Morgan fingerprint density at radius 2 is 1.05 bits per heavy atom. The molecule has 0 nitrogen and oxygen atoms in total. The molecular weight excluding hydrogens is 228 g/mol. The molecule has 0 spiro atoms. The first-order valence-electron chi connectivity index (χ1n) is 9.22. The fraction of sp³-hybridized carbons (Fsp3) is 1.00. The molecule has 0 aromatic rings. The van der Waals surface area contributed by atoms with Crippen LogP contribution in [0.4, 0.5) is 0 Å². The fourth-order valence-corrected chi connectivity index (χ4v) is 1.82. The van der Waals surface area contributed by atoms with Gasteiger partial charge in [0.25, 0.3) is 0 Å². The van der Waals surface area contributed by atoms with Gasteiger partial charge >= 0.3 is 0 Å². The van der Waals surface area contributed by atoms with E-state index in [0.29, 0.717) is 0 Å². The topological polar surface area (TPSA) is 0 Å². The van der Waals surface area contributed by atoms with Gasteiger partial charge in [-0.2, -0.15) is 0 Å². The lowest BCUT2D eigenvalue weighted by molar-refractivity contribution is 0.492. The van der Waals surface area contributed by atoms with Gasteiger partial charge in [0, 0.05) is 0 Å². The summed E-state index contributed by atoms with van der Waals surface area (Å²) in [4.78, 5) is 0. The second-order valence-corrected chi connectivity index (χ2v) is 5.48. The lowest BCUT2D eigenvalue weighted by Gasteiger charge is -2.05. The molecule has 0 N–H and O–H groups in total. The normalized spacial score (nSPS) is 14.7. The van der Waals surface area contributed by atoms with Crippen LogP contribution in [0.25, 0.3) is 0 Å². The van der Waals surface area contributed by atoms with E-state index in [9.17, 15) is 0 Å². The van der Waals surface area contributed by atoms with Crippen molar-refractivity contribution in [3.63, 3.8) is 0 Å². The Balaban J connectivity index is -0.000000205. The van der Waals surface area contributed by atoms with Crippen LogP contribution in [0.1, 0.15) is 119 Å². The van der Waals surface area contributed by atoms with Gasteiger partial charge in [0.05, 0.1) is 0 Å². The van der Waals surface area contributed by atoms with Gasteiger partial charge in [-0.3, -0.25) is 0 Å². The van der Waals surface area contributed by atoms with Crippen molar-refractivity contribution in [3.05, 3.63) is 0 Å². The summed E-state index contributed by atoms with van der Waals surface area (Å²) in [6, 6.07) is 0. The second kappa shape index (κ2) is 26.5. The van der Waals surface area contributed by atoms with Gasteiger partial charge in [0.15, 0.2) is 0 Å². The molecule has 19 heavy (non-hydrogen) atoms. The fourth-order valence-electron chi connectivity index (χ4n) is 1.82. The van der Waals surface area contributed by atoms with Gasteiger partial charge in [0.2, 0.25) is 0 Å². The molecule has 0 heteroatoms. The predicted molar refractivity (Wildman–Crippen MR) is 94.0 cm³/mol. The highest BCUT2D eigenvalue weighted by molar-refractivity contribution is 4.51. The Morgan fingerprint density at radius 3 is 1.26 bits per heavy atom. The van der Waals surface area contributed by atoms with Crippen LogP contribution in [-0.2, 0) is 0 Å². The van der Waals surface area contributed by atoms with Gasteiger partial charge < -0.3 is 0 Å². The number of hydrogen-bond donors (Lipinski definition) is 0. The molecule has 1 aliphatic carbocycles. The van der Waals surface area contributed by atoms with Gasteiger partial charge in [-0.25, -0.2) is 0 Å². The Bertz CT molecular complexity index is 91.1. The van der Waals surface area contributed by atoms with E-state index in [2.05, 4.69) is 34.6 Å². The number of unbranched alkanes of at least 4 members (excludes halogenated alkanes) is 1. The van der Waals surface area contributed by atoms with E-state index in [1.165, 1.54) is 70.6 Å². The Labute approximate surface area is 125 Å². The molecule has 1 rings (SSSR count). The van der Waals surface area contributed by atoms with Crippen molar-refractivity contribution in [2.45, 2.75) is 119 Å². The lowest BCUT2D eigenvalue weighted by Crippen LogP contribution is -1.89. The third-order valence-electron chi connectivity index (χ3n) is 3.25. The summed E-state index contributed by atoms with van der Waals surface area (Å²) in [5.74, 6) is 0.954. The summed E-state index contributed by atoms with van der Waals surface area (Å²) in [5.41, 5.74) is 0. The van der Waals surface area contributed by atoms with Gasteiger partial charge in [0.1, 0.15) is 0 Å². The third-order valence-corrected chi connectivity index (χ3v) is 3.25. The molecule has 1 saturated carbocycles. The zero-order valence-electron chi connectivity index (χ0n) is 15.4. The van der Waals surface area contributed by atoms with Crippen LogP contribution in [0.2, 0.25) is 0 Å². The summed E-state index contributed by atoms with van der Waals surface area (Å²) in [6.45, 7) is 15.1. The molecule has 120 valence electrons. The van der Waals surface area contributed by atoms with Crippen LogP contribution in [-0.4, -0.2) is 0 Å². The first-order chi connectivity index (χ1) is 9.22. The number of hydrogen-bond acceptors (Lipinski definition) is 0. The molecule has 1 atom stereocenters. The Hall–Kier alpha value is 0. The van der Waals surface area contributed by atoms with E-state index in [4.69, 9.17) is 0 Å². The molecule has 1 aliphatic rings. The standard InChI is InChI=1S/C8H18.C6H12.C3H8.C2H6/c1-4-6-7-8(3)5-2;1-2-4-6-5-3-1;1-3-2;1-2/h8H,4-7H2,1-3H3;1-6H2;3H2,1-2H3;1-2H3. The maximum atomic E-state index is 2.33. The molecule has 0 bridgehead atoms. The SMILES string of the molecule is C1CCCCC1.CC.CCC.CCCCC(C)CC. The molecule has 0 aromatic heterocycles. The Morgan fingerprint density at radius 1 is 0.737 bits per heavy atom. The van der Waals surface area contributed by atoms with Gasteiger partial charge in [-0.05, 0) is 5.92 Å². The van der Waals surface area contributed by atoms with Crippen molar-refractivity contribution in [3.8, 4) is 0 Å².